The first-order valence-corrected chi connectivity index (χ1v) is 8.34. The lowest BCUT2D eigenvalue weighted by molar-refractivity contribution is -0.139. The second-order valence-electron chi connectivity index (χ2n) is 5.60. The van der Waals surface area contributed by atoms with Gasteiger partial charge in [-0.05, 0) is 42.5 Å². The zero-order valence-corrected chi connectivity index (χ0v) is 14.9. The summed E-state index contributed by atoms with van der Waals surface area (Å²) in [4.78, 5) is 26.1. The van der Waals surface area contributed by atoms with Crippen molar-refractivity contribution in [3.8, 4) is 11.5 Å². The van der Waals surface area contributed by atoms with Crippen molar-refractivity contribution in [3.05, 3.63) is 52.5 Å². The van der Waals surface area contributed by atoms with Gasteiger partial charge < -0.3 is 14.4 Å². The van der Waals surface area contributed by atoms with E-state index in [1.807, 2.05) is 0 Å². The Kier molecular flexibility index (Phi) is 5.16. The molecule has 0 bridgehead atoms. The summed E-state index contributed by atoms with van der Waals surface area (Å²) in [5.74, 6) is -0.153. The Balaban J connectivity index is 1.71. The van der Waals surface area contributed by atoms with Crippen molar-refractivity contribution < 1.29 is 19.1 Å². The number of amides is 1. The van der Waals surface area contributed by atoms with Gasteiger partial charge in [-0.2, -0.15) is 0 Å². The normalized spacial score (nSPS) is 16.8. The molecule has 0 aromatic heterocycles. The molecule has 1 aliphatic rings. The minimum atomic E-state index is -0.565. The van der Waals surface area contributed by atoms with Gasteiger partial charge in [-0.15, -0.1) is 0 Å². The van der Waals surface area contributed by atoms with Crippen LogP contribution in [0.4, 0.5) is 5.69 Å². The molecule has 0 N–H and O–H groups in total. The first kappa shape index (κ1) is 17.6. The summed E-state index contributed by atoms with van der Waals surface area (Å²) in [5.41, 5.74) is 0.499. The van der Waals surface area contributed by atoms with Crippen LogP contribution in [-0.4, -0.2) is 25.5 Å². The number of halogens is 2. The van der Waals surface area contributed by atoms with Crippen LogP contribution >= 0.6 is 23.2 Å². The van der Waals surface area contributed by atoms with Gasteiger partial charge >= 0.3 is 5.97 Å². The fraction of sp³-hybridized carbons (Fsp3) is 0.222. The van der Waals surface area contributed by atoms with E-state index in [-0.39, 0.29) is 18.9 Å². The number of hydrogen-bond donors (Lipinski definition) is 0. The van der Waals surface area contributed by atoms with Crippen LogP contribution in [0, 0.1) is 5.92 Å². The second kappa shape index (κ2) is 7.33. The Morgan fingerprint density at radius 1 is 1.12 bits per heavy atom. The summed E-state index contributed by atoms with van der Waals surface area (Å²) in [6, 6.07) is 11.5. The van der Waals surface area contributed by atoms with Crippen LogP contribution < -0.4 is 14.4 Å². The molecule has 25 heavy (non-hydrogen) atoms. The molecule has 2 aromatic carbocycles. The van der Waals surface area contributed by atoms with Crippen LogP contribution in [0.1, 0.15) is 6.42 Å². The van der Waals surface area contributed by atoms with E-state index in [0.29, 0.717) is 27.2 Å². The van der Waals surface area contributed by atoms with Crippen molar-refractivity contribution in [1.82, 2.24) is 0 Å². The van der Waals surface area contributed by atoms with Gasteiger partial charge in [0.25, 0.3) is 0 Å². The van der Waals surface area contributed by atoms with E-state index >= 15 is 0 Å². The Hall–Kier alpha value is -2.24. The maximum atomic E-state index is 12.4. The minimum Gasteiger partial charge on any atom is -0.497 e. The van der Waals surface area contributed by atoms with E-state index < -0.39 is 11.9 Å². The number of benzene rings is 2. The Labute approximate surface area is 155 Å². The Morgan fingerprint density at radius 2 is 1.80 bits per heavy atom. The monoisotopic (exact) mass is 379 g/mol. The lowest BCUT2D eigenvalue weighted by Gasteiger charge is -2.18. The molecule has 2 aromatic rings. The topological polar surface area (TPSA) is 55.8 Å². The van der Waals surface area contributed by atoms with E-state index in [9.17, 15) is 9.59 Å². The SMILES string of the molecule is COc1ccc(OC(=O)[C@@H]2CC(=O)N(c3cc(Cl)ccc3Cl)C2)cc1. The molecular formula is C18H15Cl2NO4. The maximum absolute atomic E-state index is 12.4. The zero-order chi connectivity index (χ0) is 18.0. The molecule has 1 amide bonds. The largest absolute Gasteiger partial charge is 0.497 e. The van der Waals surface area contributed by atoms with Gasteiger partial charge in [0.2, 0.25) is 5.91 Å². The molecule has 0 saturated carbocycles. The third kappa shape index (κ3) is 3.89. The zero-order valence-electron chi connectivity index (χ0n) is 13.4. The van der Waals surface area contributed by atoms with Crippen LogP contribution in [0.15, 0.2) is 42.5 Å². The predicted octanol–water partition coefficient (Wildman–Crippen LogP) is 3.96. The van der Waals surface area contributed by atoms with E-state index in [4.69, 9.17) is 32.7 Å². The number of carbonyl (C=O) groups excluding carboxylic acids is 2. The van der Waals surface area contributed by atoms with E-state index in [1.54, 1.807) is 49.6 Å². The number of carbonyl (C=O) groups is 2. The van der Waals surface area contributed by atoms with Crippen molar-refractivity contribution in [1.29, 1.82) is 0 Å². The molecule has 1 heterocycles. The Bertz CT molecular complexity index is 807. The number of esters is 1. The lowest BCUT2D eigenvalue weighted by atomic mass is 10.1. The van der Waals surface area contributed by atoms with Gasteiger partial charge in [-0.3, -0.25) is 9.59 Å². The number of methoxy groups -OCH3 is 1. The van der Waals surface area contributed by atoms with Gasteiger partial charge in [0.15, 0.2) is 0 Å². The van der Waals surface area contributed by atoms with Crippen LogP contribution in [-0.2, 0) is 9.59 Å². The first-order chi connectivity index (χ1) is 12.0. The number of rotatable bonds is 4. The van der Waals surface area contributed by atoms with Gasteiger partial charge in [0.1, 0.15) is 11.5 Å². The van der Waals surface area contributed by atoms with Crippen molar-refractivity contribution in [2.24, 2.45) is 5.92 Å². The van der Waals surface area contributed by atoms with Crippen LogP contribution in [0.5, 0.6) is 11.5 Å². The fourth-order valence-electron chi connectivity index (χ4n) is 2.63. The molecule has 1 fully saturated rings. The third-order valence-electron chi connectivity index (χ3n) is 3.94. The predicted molar refractivity (Wildman–Crippen MR) is 95.6 cm³/mol. The smallest absolute Gasteiger partial charge is 0.316 e. The molecule has 130 valence electrons. The van der Waals surface area contributed by atoms with Crippen molar-refractivity contribution >= 4 is 40.8 Å². The molecule has 5 nitrogen and oxygen atoms in total. The standard InChI is InChI=1S/C18H15Cl2NO4/c1-24-13-3-5-14(6-4-13)25-18(23)11-8-17(22)21(10-11)16-9-12(19)2-7-15(16)20/h2-7,9,11H,8,10H2,1H3/t11-/m1/s1. The highest BCUT2D eigenvalue weighted by Gasteiger charge is 2.37. The average Bonchev–Trinajstić information content (AvgIpc) is 2.99. The Morgan fingerprint density at radius 3 is 2.48 bits per heavy atom. The summed E-state index contributed by atoms with van der Waals surface area (Å²) in [6.07, 6.45) is 0.0673. The molecule has 1 aliphatic heterocycles. The minimum absolute atomic E-state index is 0.0673. The maximum Gasteiger partial charge on any atom is 0.316 e. The quantitative estimate of drug-likeness (QED) is 0.595. The average molecular weight is 380 g/mol. The first-order valence-electron chi connectivity index (χ1n) is 7.59. The van der Waals surface area contributed by atoms with E-state index in [2.05, 4.69) is 0 Å². The number of anilines is 1. The highest BCUT2D eigenvalue weighted by Crippen LogP contribution is 2.34. The number of ether oxygens (including phenoxy) is 2. The molecule has 0 radical (unpaired) electrons. The lowest BCUT2D eigenvalue weighted by Crippen LogP contribution is -2.27. The van der Waals surface area contributed by atoms with Crippen LogP contribution in [0.3, 0.4) is 0 Å². The van der Waals surface area contributed by atoms with E-state index in [1.165, 1.54) is 4.90 Å². The summed E-state index contributed by atoms with van der Waals surface area (Å²) < 4.78 is 10.4. The molecule has 3 rings (SSSR count). The van der Waals surface area contributed by atoms with Crippen molar-refractivity contribution in [2.75, 3.05) is 18.6 Å². The highest BCUT2D eigenvalue weighted by molar-refractivity contribution is 6.35. The number of nitrogens with zero attached hydrogens (tertiary/aromatic N) is 1. The summed E-state index contributed by atoms with van der Waals surface area (Å²) >= 11 is 12.1. The second-order valence-corrected chi connectivity index (χ2v) is 6.44. The molecule has 7 heteroatoms. The molecule has 0 aliphatic carbocycles. The number of hydrogen-bond acceptors (Lipinski definition) is 4. The summed E-state index contributed by atoms with van der Waals surface area (Å²) in [6.45, 7) is 0.202. The van der Waals surface area contributed by atoms with Crippen LogP contribution in [0.2, 0.25) is 10.0 Å². The fourth-order valence-corrected chi connectivity index (χ4v) is 3.02. The molecule has 0 unspecified atom stereocenters. The van der Waals surface area contributed by atoms with Crippen LogP contribution in [0.25, 0.3) is 0 Å². The van der Waals surface area contributed by atoms with Gasteiger partial charge in [-0.25, -0.2) is 0 Å². The molecular weight excluding hydrogens is 365 g/mol. The van der Waals surface area contributed by atoms with Gasteiger partial charge in [0.05, 0.1) is 23.7 Å². The molecule has 1 saturated heterocycles. The molecule has 0 spiro atoms. The van der Waals surface area contributed by atoms with Gasteiger partial charge in [0, 0.05) is 18.0 Å². The van der Waals surface area contributed by atoms with Gasteiger partial charge in [-0.1, -0.05) is 23.2 Å². The summed E-state index contributed by atoms with van der Waals surface area (Å²) in [7, 11) is 1.56. The molecule has 1 atom stereocenters. The van der Waals surface area contributed by atoms with Crippen molar-refractivity contribution in [2.45, 2.75) is 6.42 Å². The highest BCUT2D eigenvalue weighted by atomic mass is 35.5. The third-order valence-corrected chi connectivity index (χ3v) is 4.49. The van der Waals surface area contributed by atoms with Crippen molar-refractivity contribution in [3.63, 3.8) is 0 Å². The summed E-state index contributed by atoms with van der Waals surface area (Å²) in [5, 5.41) is 0.874. The van der Waals surface area contributed by atoms with E-state index in [0.717, 1.165) is 0 Å².